The normalized spacial score (nSPS) is 11.7. The molecule has 0 saturated carbocycles. The summed E-state index contributed by atoms with van der Waals surface area (Å²) >= 11 is 1.31. The fourth-order valence-corrected chi connectivity index (χ4v) is 1.48. The van der Waals surface area contributed by atoms with Crippen LogP contribution >= 0.6 is 11.5 Å². The molecular weight excluding hydrogens is 174 g/mol. The molecule has 12 heavy (non-hydrogen) atoms. The zero-order valence-electron chi connectivity index (χ0n) is 6.87. The summed E-state index contributed by atoms with van der Waals surface area (Å²) in [5.41, 5.74) is 1.25. The number of aliphatic carboxylic acids is 1. The van der Waals surface area contributed by atoms with Crippen molar-refractivity contribution in [3.05, 3.63) is 22.2 Å². The number of nitrogens with zero attached hydrogens (tertiary/aromatic N) is 1. The van der Waals surface area contributed by atoms with Crippen LogP contribution in [-0.2, 0) is 4.79 Å². The van der Waals surface area contributed by atoms with Crippen molar-refractivity contribution in [2.45, 2.75) is 13.8 Å². The molecule has 1 rings (SSSR count). The fraction of sp³-hybridized carbons (Fsp3) is 0.250. The first-order chi connectivity index (χ1) is 5.59. The summed E-state index contributed by atoms with van der Waals surface area (Å²) in [6.45, 7) is 3.45. The molecule has 0 aliphatic carbocycles. The minimum atomic E-state index is -0.888. The Labute approximate surface area is 74.5 Å². The standard InChI is InChI=1S/C8H9NO2S/c1-5(8(10)11)3-7-4-6(2)9-12-7/h3-4H,1-2H3,(H,10,11)/b5-3+. The van der Waals surface area contributed by atoms with E-state index in [0.717, 1.165) is 10.6 Å². The van der Waals surface area contributed by atoms with Crippen LogP contribution in [0.1, 0.15) is 17.5 Å². The van der Waals surface area contributed by atoms with Crippen molar-refractivity contribution in [1.29, 1.82) is 0 Å². The fourth-order valence-electron chi connectivity index (χ4n) is 0.726. The van der Waals surface area contributed by atoms with Crippen molar-refractivity contribution in [3.63, 3.8) is 0 Å². The molecule has 0 saturated heterocycles. The van der Waals surface area contributed by atoms with Gasteiger partial charge in [0.15, 0.2) is 0 Å². The van der Waals surface area contributed by atoms with Crippen LogP contribution in [0.4, 0.5) is 0 Å². The Morgan fingerprint density at radius 2 is 2.42 bits per heavy atom. The molecule has 1 aromatic heterocycles. The van der Waals surface area contributed by atoms with Crippen LogP contribution in [0.25, 0.3) is 6.08 Å². The van der Waals surface area contributed by atoms with E-state index in [1.807, 2.05) is 13.0 Å². The molecular formula is C8H9NO2S. The van der Waals surface area contributed by atoms with E-state index in [0.29, 0.717) is 5.57 Å². The van der Waals surface area contributed by atoms with E-state index in [1.165, 1.54) is 11.5 Å². The van der Waals surface area contributed by atoms with Gasteiger partial charge in [-0.15, -0.1) is 0 Å². The van der Waals surface area contributed by atoms with Crippen LogP contribution in [0, 0.1) is 6.92 Å². The average molecular weight is 183 g/mol. The second-order valence-corrected chi connectivity index (χ2v) is 3.34. The van der Waals surface area contributed by atoms with Crippen molar-refractivity contribution in [3.8, 4) is 0 Å². The Morgan fingerprint density at radius 1 is 1.75 bits per heavy atom. The van der Waals surface area contributed by atoms with Gasteiger partial charge in [0.25, 0.3) is 0 Å². The smallest absolute Gasteiger partial charge is 0.331 e. The van der Waals surface area contributed by atoms with E-state index in [4.69, 9.17) is 5.11 Å². The maximum Gasteiger partial charge on any atom is 0.331 e. The van der Waals surface area contributed by atoms with Crippen LogP contribution < -0.4 is 0 Å². The highest BCUT2D eigenvalue weighted by Gasteiger charge is 2.01. The number of carbonyl (C=O) groups is 1. The van der Waals surface area contributed by atoms with E-state index < -0.39 is 5.97 Å². The third-order valence-corrected chi connectivity index (χ3v) is 2.17. The minimum Gasteiger partial charge on any atom is -0.478 e. The molecule has 0 aromatic carbocycles. The third kappa shape index (κ3) is 2.17. The van der Waals surface area contributed by atoms with Crippen LogP contribution in [0.15, 0.2) is 11.6 Å². The molecule has 4 heteroatoms. The van der Waals surface area contributed by atoms with Crippen molar-refractivity contribution < 1.29 is 9.90 Å². The molecule has 1 aromatic rings. The highest BCUT2D eigenvalue weighted by Crippen LogP contribution is 2.13. The summed E-state index contributed by atoms with van der Waals surface area (Å²) < 4.78 is 4.03. The Kier molecular flexibility index (Phi) is 2.60. The van der Waals surface area contributed by atoms with Crippen LogP contribution in [0.3, 0.4) is 0 Å². The topological polar surface area (TPSA) is 50.2 Å². The maximum absolute atomic E-state index is 10.4. The van der Waals surface area contributed by atoms with Crippen LogP contribution in [0.2, 0.25) is 0 Å². The first-order valence-corrected chi connectivity index (χ1v) is 4.22. The molecule has 0 radical (unpaired) electrons. The van der Waals surface area contributed by atoms with Crippen molar-refractivity contribution in [1.82, 2.24) is 4.37 Å². The number of hydrogen-bond acceptors (Lipinski definition) is 3. The molecule has 0 spiro atoms. The van der Waals surface area contributed by atoms with Gasteiger partial charge in [0, 0.05) is 10.5 Å². The van der Waals surface area contributed by atoms with Gasteiger partial charge in [0.05, 0.1) is 5.69 Å². The van der Waals surface area contributed by atoms with E-state index in [1.54, 1.807) is 13.0 Å². The SMILES string of the molecule is C/C(=C\c1cc(C)ns1)C(=O)O. The van der Waals surface area contributed by atoms with Crippen molar-refractivity contribution in [2.75, 3.05) is 0 Å². The van der Waals surface area contributed by atoms with Gasteiger partial charge in [-0.1, -0.05) is 0 Å². The van der Waals surface area contributed by atoms with Crippen molar-refractivity contribution >= 4 is 23.6 Å². The van der Waals surface area contributed by atoms with Gasteiger partial charge in [0.2, 0.25) is 0 Å². The zero-order chi connectivity index (χ0) is 9.14. The molecule has 0 amide bonds. The van der Waals surface area contributed by atoms with Gasteiger partial charge in [-0.25, -0.2) is 4.79 Å². The Morgan fingerprint density at radius 3 is 2.83 bits per heavy atom. The Balaban J connectivity index is 2.87. The quantitative estimate of drug-likeness (QED) is 0.713. The monoisotopic (exact) mass is 183 g/mol. The maximum atomic E-state index is 10.4. The van der Waals surface area contributed by atoms with Crippen LogP contribution in [0.5, 0.6) is 0 Å². The summed E-state index contributed by atoms with van der Waals surface area (Å²) in [4.78, 5) is 11.3. The predicted molar refractivity (Wildman–Crippen MR) is 48.1 cm³/mol. The van der Waals surface area contributed by atoms with E-state index in [-0.39, 0.29) is 0 Å². The number of hydrogen-bond donors (Lipinski definition) is 1. The molecule has 0 bridgehead atoms. The number of rotatable bonds is 2. The highest BCUT2D eigenvalue weighted by molar-refractivity contribution is 7.06. The number of aryl methyl sites for hydroxylation is 1. The summed E-state index contributed by atoms with van der Waals surface area (Å²) in [5.74, 6) is -0.888. The second-order valence-electron chi connectivity index (χ2n) is 2.50. The van der Waals surface area contributed by atoms with E-state index in [9.17, 15) is 4.79 Å². The Bertz CT molecular complexity index is 328. The average Bonchev–Trinajstić information content (AvgIpc) is 2.35. The van der Waals surface area contributed by atoms with Gasteiger partial charge in [0.1, 0.15) is 0 Å². The van der Waals surface area contributed by atoms with Gasteiger partial charge < -0.3 is 5.11 Å². The van der Waals surface area contributed by atoms with E-state index in [2.05, 4.69) is 4.37 Å². The van der Waals surface area contributed by atoms with Crippen molar-refractivity contribution in [2.24, 2.45) is 0 Å². The molecule has 64 valence electrons. The summed E-state index contributed by atoms with van der Waals surface area (Å²) in [5, 5.41) is 8.57. The zero-order valence-corrected chi connectivity index (χ0v) is 7.68. The lowest BCUT2D eigenvalue weighted by Crippen LogP contribution is -1.94. The Hall–Kier alpha value is -1.16. The van der Waals surface area contributed by atoms with Gasteiger partial charge in [-0.3, -0.25) is 0 Å². The third-order valence-electron chi connectivity index (χ3n) is 1.34. The number of carboxylic acid groups (broad SMARTS) is 1. The molecule has 3 nitrogen and oxygen atoms in total. The van der Waals surface area contributed by atoms with Gasteiger partial charge in [-0.2, -0.15) is 4.37 Å². The molecule has 0 atom stereocenters. The molecule has 0 unspecified atom stereocenters. The van der Waals surface area contributed by atoms with Gasteiger partial charge >= 0.3 is 5.97 Å². The molecule has 1 heterocycles. The molecule has 1 N–H and O–H groups in total. The lowest BCUT2D eigenvalue weighted by Gasteiger charge is -1.88. The lowest BCUT2D eigenvalue weighted by molar-refractivity contribution is -0.132. The molecule has 0 aliphatic rings. The first-order valence-electron chi connectivity index (χ1n) is 3.44. The number of aromatic nitrogens is 1. The van der Waals surface area contributed by atoms with Gasteiger partial charge in [-0.05, 0) is 37.5 Å². The minimum absolute atomic E-state index is 0.332. The summed E-state index contributed by atoms with van der Waals surface area (Å²) in [6.07, 6.45) is 1.62. The molecule has 0 fully saturated rings. The lowest BCUT2D eigenvalue weighted by atomic mass is 10.2. The highest BCUT2D eigenvalue weighted by atomic mass is 32.1. The summed E-state index contributed by atoms with van der Waals surface area (Å²) in [6, 6.07) is 1.86. The van der Waals surface area contributed by atoms with E-state index >= 15 is 0 Å². The summed E-state index contributed by atoms with van der Waals surface area (Å²) in [7, 11) is 0. The van der Waals surface area contributed by atoms with Crippen LogP contribution in [-0.4, -0.2) is 15.4 Å². The predicted octanol–water partition coefficient (Wildman–Crippen LogP) is 1.94. The first kappa shape index (κ1) is 8.93. The second kappa shape index (κ2) is 3.49. The molecule has 0 aliphatic heterocycles. The number of carboxylic acids is 1. The largest absolute Gasteiger partial charge is 0.478 e.